The van der Waals surface area contributed by atoms with Gasteiger partial charge in [-0.3, -0.25) is 5.32 Å². The first kappa shape index (κ1) is 14.0. The summed E-state index contributed by atoms with van der Waals surface area (Å²) in [5, 5.41) is 2.57. The highest BCUT2D eigenvalue weighted by molar-refractivity contribution is 5.68. The smallest absolute Gasteiger partial charge is 0.411 e. The third-order valence-corrected chi connectivity index (χ3v) is 1.63. The molecule has 15 heavy (non-hydrogen) atoms. The van der Waals surface area contributed by atoms with Crippen LogP contribution < -0.4 is 5.32 Å². The standard InChI is InChI=1S/C12H23NO2/c1-10(2)8-6-7-9-13-11(14)15-12(3,4)5/h7,9-10H,6,8H2,1-5H3,(H,13,14)/b9-7+. The number of allylic oxidation sites excluding steroid dienone is 1. The molecule has 0 aromatic heterocycles. The van der Waals surface area contributed by atoms with Gasteiger partial charge in [-0.1, -0.05) is 19.9 Å². The van der Waals surface area contributed by atoms with E-state index in [1.807, 2.05) is 26.8 Å². The largest absolute Gasteiger partial charge is 0.444 e. The van der Waals surface area contributed by atoms with Crippen molar-refractivity contribution in [2.45, 2.75) is 53.1 Å². The molecular weight excluding hydrogens is 190 g/mol. The number of rotatable bonds is 4. The van der Waals surface area contributed by atoms with Gasteiger partial charge in [-0.2, -0.15) is 0 Å². The van der Waals surface area contributed by atoms with Crippen LogP contribution in [0.3, 0.4) is 0 Å². The summed E-state index contributed by atoms with van der Waals surface area (Å²) in [4.78, 5) is 11.2. The van der Waals surface area contributed by atoms with Crippen LogP contribution in [0.4, 0.5) is 4.79 Å². The van der Waals surface area contributed by atoms with E-state index >= 15 is 0 Å². The van der Waals surface area contributed by atoms with Crippen LogP contribution in [-0.4, -0.2) is 11.7 Å². The number of hydrogen-bond donors (Lipinski definition) is 1. The number of hydrogen-bond acceptors (Lipinski definition) is 2. The van der Waals surface area contributed by atoms with Gasteiger partial charge < -0.3 is 4.74 Å². The molecule has 0 rings (SSSR count). The summed E-state index contributed by atoms with van der Waals surface area (Å²) in [6, 6.07) is 0. The quantitative estimate of drug-likeness (QED) is 0.776. The maximum absolute atomic E-state index is 11.2. The Morgan fingerprint density at radius 2 is 2.00 bits per heavy atom. The zero-order valence-corrected chi connectivity index (χ0v) is 10.5. The monoisotopic (exact) mass is 213 g/mol. The molecule has 1 amide bonds. The van der Waals surface area contributed by atoms with Crippen LogP contribution in [0.5, 0.6) is 0 Å². The zero-order chi connectivity index (χ0) is 11.9. The number of amides is 1. The number of ether oxygens (including phenoxy) is 1. The van der Waals surface area contributed by atoms with Gasteiger partial charge in [0.1, 0.15) is 5.60 Å². The summed E-state index contributed by atoms with van der Waals surface area (Å²) < 4.78 is 5.06. The average molecular weight is 213 g/mol. The fourth-order valence-electron chi connectivity index (χ4n) is 0.947. The zero-order valence-electron chi connectivity index (χ0n) is 10.5. The van der Waals surface area contributed by atoms with E-state index in [0.29, 0.717) is 5.92 Å². The Labute approximate surface area is 92.9 Å². The van der Waals surface area contributed by atoms with Crippen LogP contribution in [0.1, 0.15) is 47.5 Å². The van der Waals surface area contributed by atoms with Crippen molar-refractivity contribution in [2.75, 3.05) is 0 Å². The third kappa shape index (κ3) is 10.9. The van der Waals surface area contributed by atoms with Gasteiger partial charge in [0.15, 0.2) is 0 Å². The molecule has 0 aliphatic rings. The number of carbonyl (C=O) groups excluding carboxylic acids is 1. The van der Waals surface area contributed by atoms with E-state index in [-0.39, 0.29) is 0 Å². The molecule has 0 spiro atoms. The van der Waals surface area contributed by atoms with Crippen LogP contribution in [-0.2, 0) is 4.74 Å². The van der Waals surface area contributed by atoms with Crippen molar-refractivity contribution in [2.24, 2.45) is 5.92 Å². The van der Waals surface area contributed by atoms with Crippen molar-refractivity contribution < 1.29 is 9.53 Å². The van der Waals surface area contributed by atoms with Crippen molar-refractivity contribution >= 4 is 6.09 Å². The van der Waals surface area contributed by atoms with Gasteiger partial charge in [0, 0.05) is 6.20 Å². The molecule has 88 valence electrons. The summed E-state index contributed by atoms with van der Waals surface area (Å²) in [5.41, 5.74) is -0.435. The summed E-state index contributed by atoms with van der Waals surface area (Å²) in [5.74, 6) is 0.691. The second-order valence-electron chi connectivity index (χ2n) is 5.02. The van der Waals surface area contributed by atoms with E-state index < -0.39 is 11.7 Å². The molecule has 0 saturated carbocycles. The van der Waals surface area contributed by atoms with E-state index in [4.69, 9.17) is 4.74 Å². The SMILES string of the molecule is CC(C)CC/C=C/NC(=O)OC(C)(C)C. The van der Waals surface area contributed by atoms with Crippen molar-refractivity contribution in [3.05, 3.63) is 12.3 Å². The lowest BCUT2D eigenvalue weighted by Gasteiger charge is -2.18. The molecule has 0 saturated heterocycles. The first-order valence-electron chi connectivity index (χ1n) is 5.46. The molecular formula is C12H23NO2. The summed E-state index contributed by atoms with van der Waals surface area (Å²) in [7, 11) is 0. The van der Waals surface area contributed by atoms with Crippen molar-refractivity contribution in [1.82, 2.24) is 5.32 Å². The predicted molar refractivity (Wildman–Crippen MR) is 62.6 cm³/mol. The van der Waals surface area contributed by atoms with Crippen molar-refractivity contribution in [1.29, 1.82) is 0 Å². The molecule has 0 radical (unpaired) electrons. The summed E-state index contributed by atoms with van der Waals surface area (Å²) >= 11 is 0. The number of nitrogens with one attached hydrogen (secondary N) is 1. The van der Waals surface area contributed by atoms with Gasteiger partial charge in [-0.25, -0.2) is 4.79 Å². The van der Waals surface area contributed by atoms with Crippen LogP contribution in [0, 0.1) is 5.92 Å². The molecule has 3 nitrogen and oxygen atoms in total. The molecule has 0 heterocycles. The molecule has 0 aliphatic carbocycles. The number of alkyl carbamates (subject to hydrolysis) is 1. The highest BCUT2D eigenvalue weighted by atomic mass is 16.6. The average Bonchev–Trinajstić information content (AvgIpc) is 1.99. The molecule has 0 atom stereocenters. The third-order valence-electron chi connectivity index (χ3n) is 1.63. The second kappa shape index (κ2) is 6.49. The molecule has 0 aromatic carbocycles. The maximum Gasteiger partial charge on any atom is 0.411 e. The highest BCUT2D eigenvalue weighted by Gasteiger charge is 2.14. The van der Waals surface area contributed by atoms with Gasteiger partial charge in [0.25, 0.3) is 0 Å². The van der Waals surface area contributed by atoms with Gasteiger partial charge >= 0.3 is 6.09 Å². The molecule has 0 aliphatic heterocycles. The lowest BCUT2D eigenvalue weighted by atomic mass is 10.1. The normalized spacial score (nSPS) is 12.1. The Bertz CT molecular complexity index is 214. The van der Waals surface area contributed by atoms with E-state index in [2.05, 4.69) is 19.2 Å². The van der Waals surface area contributed by atoms with Gasteiger partial charge in [0.05, 0.1) is 0 Å². The van der Waals surface area contributed by atoms with E-state index in [0.717, 1.165) is 12.8 Å². The van der Waals surface area contributed by atoms with Gasteiger partial charge in [-0.05, 0) is 39.5 Å². The minimum Gasteiger partial charge on any atom is -0.444 e. The Hall–Kier alpha value is -0.990. The predicted octanol–water partition coefficient (Wildman–Crippen LogP) is 3.46. The van der Waals surface area contributed by atoms with Crippen LogP contribution in [0.2, 0.25) is 0 Å². The molecule has 1 N–H and O–H groups in total. The molecule has 0 bridgehead atoms. The fraction of sp³-hybridized carbons (Fsp3) is 0.750. The van der Waals surface area contributed by atoms with E-state index in [9.17, 15) is 4.79 Å². The number of carbonyl (C=O) groups is 1. The Kier molecular flexibility index (Phi) is 6.06. The van der Waals surface area contributed by atoms with Crippen molar-refractivity contribution in [3.8, 4) is 0 Å². The summed E-state index contributed by atoms with van der Waals surface area (Å²) in [6.07, 6.45) is 5.31. The van der Waals surface area contributed by atoms with Gasteiger partial charge in [0.2, 0.25) is 0 Å². The second-order valence-corrected chi connectivity index (χ2v) is 5.02. The maximum atomic E-state index is 11.2. The first-order valence-corrected chi connectivity index (χ1v) is 5.46. The molecule has 3 heteroatoms. The minimum atomic E-state index is -0.435. The minimum absolute atomic E-state index is 0.400. The first-order chi connectivity index (χ1) is 6.81. The van der Waals surface area contributed by atoms with E-state index in [1.165, 1.54) is 0 Å². The Morgan fingerprint density at radius 3 is 2.47 bits per heavy atom. The lowest BCUT2D eigenvalue weighted by Crippen LogP contribution is -2.29. The lowest BCUT2D eigenvalue weighted by molar-refractivity contribution is 0.0552. The highest BCUT2D eigenvalue weighted by Crippen LogP contribution is 2.06. The van der Waals surface area contributed by atoms with Crippen LogP contribution in [0.25, 0.3) is 0 Å². The van der Waals surface area contributed by atoms with Crippen LogP contribution >= 0.6 is 0 Å². The Balaban J connectivity index is 3.63. The van der Waals surface area contributed by atoms with Gasteiger partial charge in [-0.15, -0.1) is 0 Å². The molecule has 0 fully saturated rings. The van der Waals surface area contributed by atoms with Crippen LogP contribution in [0.15, 0.2) is 12.3 Å². The molecule has 0 aromatic rings. The fourth-order valence-corrected chi connectivity index (χ4v) is 0.947. The Morgan fingerprint density at radius 1 is 1.40 bits per heavy atom. The topological polar surface area (TPSA) is 38.3 Å². The summed E-state index contributed by atoms with van der Waals surface area (Å²) in [6.45, 7) is 9.88. The van der Waals surface area contributed by atoms with Crippen molar-refractivity contribution in [3.63, 3.8) is 0 Å². The van der Waals surface area contributed by atoms with E-state index in [1.54, 1.807) is 6.20 Å². The molecule has 0 unspecified atom stereocenters.